The summed E-state index contributed by atoms with van der Waals surface area (Å²) in [5.41, 5.74) is 1.77. The molecule has 0 saturated heterocycles. The van der Waals surface area contributed by atoms with Crippen molar-refractivity contribution in [2.24, 2.45) is 5.92 Å². The first-order chi connectivity index (χ1) is 6.79. The molecule has 0 radical (unpaired) electrons. The Hall–Kier alpha value is -1.01. The van der Waals surface area contributed by atoms with Gasteiger partial charge in [-0.15, -0.1) is 0 Å². The lowest BCUT2D eigenvalue weighted by molar-refractivity contribution is 0.888. The number of hydrogen-bond donors (Lipinski definition) is 1. The fourth-order valence-corrected chi connectivity index (χ4v) is 1.82. The minimum Gasteiger partial charge on any atom is -0.384 e. The van der Waals surface area contributed by atoms with Gasteiger partial charge in [0.25, 0.3) is 0 Å². The maximum absolute atomic E-state index is 8.69. The number of benzene rings is 1. The molecule has 2 nitrogen and oxygen atoms in total. The molecule has 1 fully saturated rings. The van der Waals surface area contributed by atoms with E-state index in [-0.39, 0.29) is 0 Å². The lowest BCUT2D eigenvalue weighted by Crippen LogP contribution is -2.03. The average molecular weight is 251 g/mol. The zero-order valence-electron chi connectivity index (χ0n) is 7.76. The molecule has 3 heteroatoms. The van der Waals surface area contributed by atoms with Crippen molar-refractivity contribution in [2.45, 2.75) is 12.8 Å². The van der Waals surface area contributed by atoms with Crippen LogP contribution in [0.5, 0.6) is 0 Å². The number of hydrogen-bond acceptors (Lipinski definition) is 2. The quantitative estimate of drug-likeness (QED) is 0.895. The monoisotopic (exact) mass is 250 g/mol. The summed E-state index contributed by atoms with van der Waals surface area (Å²) in [4.78, 5) is 0. The predicted octanol–water partition coefficient (Wildman–Crippen LogP) is 3.14. The van der Waals surface area contributed by atoms with Crippen molar-refractivity contribution in [2.75, 3.05) is 11.9 Å². The third kappa shape index (κ3) is 2.27. The molecule has 0 aliphatic heterocycles. The lowest BCUT2D eigenvalue weighted by Gasteiger charge is -2.07. The van der Waals surface area contributed by atoms with Crippen LogP contribution in [0, 0.1) is 17.2 Å². The van der Waals surface area contributed by atoms with Crippen LogP contribution in [0.15, 0.2) is 22.7 Å². The summed E-state index contributed by atoms with van der Waals surface area (Å²) in [6.07, 6.45) is 2.70. The molecule has 0 spiro atoms. The summed E-state index contributed by atoms with van der Waals surface area (Å²) >= 11 is 3.44. The van der Waals surface area contributed by atoms with Gasteiger partial charge in [-0.25, -0.2) is 0 Å². The van der Waals surface area contributed by atoms with Crippen molar-refractivity contribution >= 4 is 21.6 Å². The normalized spacial score (nSPS) is 14.9. The summed E-state index contributed by atoms with van der Waals surface area (Å²) in [5.74, 6) is 0.859. The summed E-state index contributed by atoms with van der Waals surface area (Å²) in [6, 6.07) is 7.74. The molecule has 1 aromatic carbocycles. The minimum absolute atomic E-state index is 0.689. The first-order valence-electron chi connectivity index (χ1n) is 4.73. The molecule has 0 amide bonds. The van der Waals surface area contributed by atoms with Gasteiger partial charge in [-0.3, -0.25) is 0 Å². The van der Waals surface area contributed by atoms with Gasteiger partial charge in [-0.05, 0) is 52.9 Å². The average Bonchev–Trinajstić information content (AvgIpc) is 2.99. The van der Waals surface area contributed by atoms with Crippen molar-refractivity contribution in [3.8, 4) is 6.07 Å². The Kier molecular flexibility index (Phi) is 2.74. The predicted molar refractivity (Wildman–Crippen MR) is 60.1 cm³/mol. The smallest absolute Gasteiger partial charge is 0.0992 e. The van der Waals surface area contributed by atoms with E-state index < -0.39 is 0 Å². The molecule has 72 valence electrons. The molecule has 0 atom stereocenters. The second kappa shape index (κ2) is 4.02. The highest BCUT2D eigenvalue weighted by molar-refractivity contribution is 9.10. The third-order valence-corrected chi connectivity index (χ3v) is 3.03. The summed E-state index contributed by atoms with van der Waals surface area (Å²) in [6.45, 7) is 1.05. The maximum atomic E-state index is 8.69. The topological polar surface area (TPSA) is 35.8 Å². The Morgan fingerprint density at radius 1 is 1.50 bits per heavy atom. The Balaban J connectivity index is 2.05. The van der Waals surface area contributed by atoms with E-state index in [0.717, 1.165) is 22.6 Å². The molecule has 14 heavy (non-hydrogen) atoms. The van der Waals surface area contributed by atoms with E-state index in [2.05, 4.69) is 27.3 Å². The Bertz CT molecular complexity index is 377. The van der Waals surface area contributed by atoms with Crippen LogP contribution in [0.3, 0.4) is 0 Å². The number of nitrogens with zero attached hydrogens (tertiary/aromatic N) is 1. The first-order valence-corrected chi connectivity index (χ1v) is 5.52. The second-order valence-electron chi connectivity index (χ2n) is 3.63. The van der Waals surface area contributed by atoms with Gasteiger partial charge < -0.3 is 5.32 Å². The van der Waals surface area contributed by atoms with E-state index in [9.17, 15) is 0 Å². The summed E-state index contributed by atoms with van der Waals surface area (Å²) in [7, 11) is 0. The largest absolute Gasteiger partial charge is 0.384 e. The van der Waals surface area contributed by atoms with Gasteiger partial charge in [0.2, 0.25) is 0 Å². The molecule has 1 aliphatic rings. The summed E-state index contributed by atoms with van der Waals surface area (Å²) < 4.78 is 0.970. The molecule has 1 aromatic rings. The summed E-state index contributed by atoms with van der Waals surface area (Å²) in [5, 5.41) is 12.1. The van der Waals surface area contributed by atoms with Gasteiger partial charge in [-0.1, -0.05) is 0 Å². The Morgan fingerprint density at radius 2 is 2.29 bits per heavy atom. The number of nitrogens with one attached hydrogen (secondary N) is 1. The SMILES string of the molecule is N#Cc1ccc(NCC2CC2)c(Br)c1. The fourth-order valence-electron chi connectivity index (χ4n) is 1.30. The molecule has 1 saturated carbocycles. The second-order valence-corrected chi connectivity index (χ2v) is 4.49. The van der Waals surface area contributed by atoms with E-state index in [1.807, 2.05) is 18.2 Å². The van der Waals surface area contributed by atoms with Gasteiger partial charge in [0, 0.05) is 16.7 Å². The zero-order chi connectivity index (χ0) is 9.97. The van der Waals surface area contributed by atoms with Gasteiger partial charge in [0.05, 0.1) is 11.6 Å². The molecule has 2 rings (SSSR count). The molecule has 0 aromatic heterocycles. The molecule has 1 aliphatic carbocycles. The molecular weight excluding hydrogens is 240 g/mol. The molecule has 1 N–H and O–H groups in total. The third-order valence-electron chi connectivity index (χ3n) is 2.38. The van der Waals surface area contributed by atoms with E-state index >= 15 is 0 Å². The van der Waals surface area contributed by atoms with Crippen LogP contribution in [0.1, 0.15) is 18.4 Å². The number of rotatable bonds is 3. The Morgan fingerprint density at radius 3 is 2.86 bits per heavy atom. The number of nitriles is 1. The van der Waals surface area contributed by atoms with E-state index in [4.69, 9.17) is 5.26 Å². The van der Waals surface area contributed by atoms with E-state index in [1.165, 1.54) is 12.8 Å². The molecule has 0 heterocycles. The molecule has 0 unspecified atom stereocenters. The highest BCUT2D eigenvalue weighted by Gasteiger charge is 2.20. The van der Waals surface area contributed by atoms with E-state index in [1.54, 1.807) is 0 Å². The standard InChI is InChI=1S/C11H11BrN2/c12-10-5-9(6-13)3-4-11(10)14-7-8-1-2-8/h3-5,8,14H,1-2,7H2. The van der Waals surface area contributed by atoms with Crippen LogP contribution in [-0.4, -0.2) is 6.54 Å². The minimum atomic E-state index is 0.689. The maximum Gasteiger partial charge on any atom is 0.0992 e. The van der Waals surface area contributed by atoms with Crippen molar-refractivity contribution in [1.82, 2.24) is 0 Å². The van der Waals surface area contributed by atoms with Crippen molar-refractivity contribution in [3.63, 3.8) is 0 Å². The van der Waals surface area contributed by atoms with E-state index in [0.29, 0.717) is 5.56 Å². The number of halogens is 1. The van der Waals surface area contributed by atoms with Gasteiger partial charge in [0.15, 0.2) is 0 Å². The fraction of sp³-hybridized carbons (Fsp3) is 0.364. The zero-order valence-corrected chi connectivity index (χ0v) is 9.34. The van der Waals surface area contributed by atoms with Gasteiger partial charge in [-0.2, -0.15) is 5.26 Å². The van der Waals surface area contributed by atoms with Crippen LogP contribution in [-0.2, 0) is 0 Å². The van der Waals surface area contributed by atoms with Gasteiger partial charge in [0.1, 0.15) is 0 Å². The highest BCUT2D eigenvalue weighted by atomic mass is 79.9. The van der Waals surface area contributed by atoms with Crippen LogP contribution in [0.25, 0.3) is 0 Å². The van der Waals surface area contributed by atoms with Crippen molar-refractivity contribution in [3.05, 3.63) is 28.2 Å². The van der Waals surface area contributed by atoms with Crippen LogP contribution >= 0.6 is 15.9 Å². The first kappa shape index (κ1) is 9.54. The van der Waals surface area contributed by atoms with Gasteiger partial charge >= 0.3 is 0 Å². The van der Waals surface area contributed by atoms with Crippen molar-refractivity contribution in [1.29, 1.82) is 5.26 Å². The van der Waals surface area contributed by atoms with Crippen LogP contribution < -0.4 is 5.32 Å². The lowest BCUT2D eigenvalue weighted by atomic mass is 10.2. The molecular formula is C11H11BrN2. The van der Waals surface area contributed by atoms with Crippen LogP contribution in [0.2, 0.25) is 0 Å². The van der Waals surface area contributed by atoms with Crippen LogP contribution in [0.4, 0.5) is 5.69 Å². The molecule has 0 bridgehead atoms. The Labute approximate surface area is 92.1 Å². The number of anilines is 1. The van der Waals surface area contributed by atoms with Crippen molar-refractivity contribution < 1.29 is 0 Å². The highest BCUT2D eigenvalue weighted by Crippen LogP contribution is 2.30.